The molecule has 2 aromatic rings. The molecule has 0 fully saturated rings. The molecular formula is C13H10N2O2S4. The van der Waals surface area contributed by atoms with Gasteiger partial charge in [-0.3, -0.25) is 9.59 Å². The predicted molar refractivity (Wildman–Crippen MR) is 91.3 cm³/mol. The van der Waals surface area contributed by atoms with Crippen LogP contribution in [0.5, 0.6) is 0 Å². The van der Waals surface area contributed by atoms with Gasteiger partial charge in [-0.05, 0) is 12.1 Å². The number of fused-ring (bicyclic) bond motifs is 1. The number of rotatable bonds is 2. The summed E-state index contributed by atoms with van der Waals surface area (Å²) in [7, 11) is 0. The lowest BCUT2D eigenvalue weighted by molar-refractivity contribution is 0.0955. The van der Waals surface area contributed by atoms with E-state index >= 15 is 0 Å². The fraction of sp³-hybridized carbons (Fsp3) is 0.154. The predicted octanol–water partition coefficient (Wildman–Crippen LogP) is 3.15. The molecule has 0 atom stereocenters. The average molecular weight is 355 g/mol. The summed E-state index contributed by atoms with van der Waals surface area (Å²) in [5.41, 5.74) is 4.10. The number of hydrogen-bond donors (Lipinski definition) is 1. The molecule has 0 saturated heterocycles. The highest BCUT2D eigenvalue weighted by atomic mass is 32.2. The van der Waals surface area contributed by atoms with E-state index in [9.17, 15) is 9.59 Å². The van der Waals surface area contributed by atoms with Crippen molar-refractivity contribution in [1.29, 1.82) is 0 Å². The Hall–Kier alpha value is -1.09. The van der Waals surface area contributed by atoms with Crippen LogP contribution in [0.2, 0.25) is 0 Å². The van der Waals surface area contributed by atoms with Crippen molar-refractivity contribution in [3.05, 3.63) is 44.7 Å². The second-order valence-electron chi connectivity index (χ2n) is 4.09. The van der Waals surface area contributed by atoms with Gasteiger partial charge in [0.2, 0.25) is 0 Å². The summed E-state index contributed by atoms with van der Waals surface area (Å²) < 4.78 is 2.27. The van der Waals surface area contributed by atoms with Crippen LogP contribution in [0, 0.1) is 0 Å². The van der Waals surface area contributed by atoms with E-state index in [2.05, 4.69) is 10.5 Å². The van der Waals surface area contributed by atoms with Crippen molar-refractivity contribution in [3.63, 3.8) is 0 Å². The first-order valence-electron chi connectivity index (χ1n) is 6.03. The van der Waals surface area contributed by atoms with E-state index in [-0.39, 0.29) is 9.96 Å². The lowest BCUT2D eigenvalue weighted by Crippen LogP contribution is -2.21. The van der Waals surface area contributed by atoms with Gasteiger partial charge in [0.05, 0.1) is 14.1 Å². The summed E-state index contributed by atoms with van der Waals surface area (Å²) in [6.45, 7) is 0. The van der Waals surface area contributed by atoms with Crippen LogP contribution in [0.1, 0.15) is 10.4 Å². The van der Waals surface area contributed by atoms with Gasteiger partial charge in [0.25, 0.3) is 9.96 Å². The standard InChI is InChI=1S/C13H10N2O2S4/c16-10(8-4-2-1-3-5-8)15-14-9-6-18-11-12(19-7-9)21-13(17)20-11/h1-5H,6-7H2,(H,15,16). The zero-order valence-electron chi connectivity index (χ0n) is 10.7. The number of benzene rings is 1. The molecule has 0 radical (unpaired) electrons. The van der Waals surface area contributed by atoms with E-state index in [0.717, 1.165) is 14.1 Å². The molecular weight excluding hydrogens is 344 g/mol. The Labute approximate surface area is 137 Å². The Kier molecular flexibility index (Phi) is 4.79. The van der Waals surface area contributed by atoms with E-state index in [1.165, 1.54) is 22.7 Å². The summed E-state index contributed by atoms with van der Waals surface area (Å²) in [5.74, 6) is 1.19. The van der Waals surface area contributed by atoms with Crippen LogP contribution < -0.4 is 9.48 Å². The molecule has 1 aromatic heterocycles. The Morgan fingerprint density at radius 3 is 2.29 bits per heavy atom. The van der Waals surface area contributed by atoms with Crippen molar-refractivity contribution < 1.29 is 4.79 Å². The van der Waals surface area contributed by atoms with Crippen molar-refractivity contribution in [2.45, 2.75) is 8.42 Å². The normalized spacial score (nSPS) is 14.2. The summed E-state index contributed by atoms with van der Waals surface area (Å²) in [6.07, 6.45) is 0. The molecule has 21 heavy (non-hydrogen) atoms. The minimum Gasteiger partial charge on any atom is -0.267 e. The minimum atomic E-state index is -0.207. The average Bonchev–Trinajstić information content (AvgIpc) is 2.76. The number of hydrogen-bond acceptors (Lipinski definition) is 7. The monoisotopic (exact) mass is 354 g/mol. The zero-order chi connectivity index (χ0) is 14.7. The van der Waals surface area contributed by atoms with Crippen molar-refractivity contribution >= 4 is 57.8 Å². The number of nitrogens with one attached hydrogen (secondary N) is 1. The van der Waals surface area contributed by atoms with Crippen LogP contribution in [0.3, 0.4) is 0 Å². The number of thioether (sulfide) groups is 2. The van der Waals surface area contributed by atoms with Gasteiger partial charge < -0.3 is 0 Å². The minimum absolute atomic E-state index is 0.137. The third-order valence-electron chi connectivity index (χ3n) is 2.61. The van der Waals surface area contributed by atoms with E-state index in [1.54, 1.807) is 35.7 Å². The smallest absolute Gasteiger partial charge is 0.267 e. The molecule has 8 heteroatoms. The van der Waals surface area contributed by atoms with Gasteiger partial charge in [-0.2, -0.15) is 5.10 Å². The molecule has 0 unspecified atom stereocenters. The maximum Gasteiger partial charge on any atom is 0.289 e. The molecule has 0 bridgehead atoms. The van der Waals surface area contributed by atoms with E-state index < -0.39 is 0 Å². The molecule has 3 rings (SSSR count). The zero-order valence-corrected chi connectivity index (χ0v) is 14.0. The number of hydrazone groups is 1. The third kappa shape index (κ3) is 3.76. The lowest BCUT2D eigenvalue weighted by Gasteiger charge is -2.03. The molecule has 1 amide bonds. The van der Waals surface area contributed by atoms with Crippen molar-refractivity contribution in [2.75, 3.05) is 11.5 Å². The first kappa shape index (κ1) is 14.8. The number of carbonyl (C=O) groups excluding carboxylic acids is 1. The van der Waals surface area contributed by atoms with Crippen LogP contribution in [0.15, 0.2) is 48.6 Å². The van der Waals surface area contributed by atoms with Crippen molar-refractivity contribution in [2.24, 2.45) is 5.10 Å². The molecule has 0 spiro atoms. The van der Waals surface area contributed by atoms with Crippen LogP contribution in [-0.2, 0) is 0 Å². The Morgan fingerprint density at radius 1 is 1.05 bits per heavy atom. The first-order chi connectivity index (χ1) is 10.2. The summed E-state index contributed by atoms with van der Waals surface area (Å²) in [4.78, 5) is 23.3. The summed E-state index contributed by atoms with van der Waals surface area (Å²) in [6, 6.07) is 9.01. The highest BCUT2D eigenvalue weighted by Crippen LogP contribution is 2.39. The molecule has 0 aliphatic carbocycles. The molecule has 1 aliphatic rings. The fourth-order valence-electron chi connectivity index (χ4n) is 1.62. The van der Waals surface area contributed by atoms with E-state index in [1.807, 2.05) is 18.2 Å². The maximum atomic E-state index is 11.9. The quantitative estimate of drug-likeness (QED) is 0.842. The topological polar surface area (TPSA) is 58.5 Å². The van der Waals surface area contributed by atoms with E-state index in [4.69, 9.17) is 0 Å². The largest absolute Gasteiger partial charge is 0.289 e. The first-order valence-corrected chi connectivity index (χ1v) is 9.63. The van der Waals surface area contributed by atoms with Crippen LogP contribution >= 0.6 is 46.2 Å². The number of amides is 1. The third-order valence-corrected chi connectivity index (χ3v) is 7.83. The van der Waals surface area contributed by atoms with Gasteiger partial charge in [0.1, 0.15) is 0 Å². The second-order valence-corrected chi connectivity index (χ2v) is 8.80. The Bertz CT molecular complexity index is 706. The fourth-order valence-corrected chi connectivity index (χ4v) is 6.85. The number of carbonyl (C=O) groups is 1. The second kappa shape index (κ2) is 6.78. The molecule has 1 N–H and O–H groups in total. The molecule has 108 valence electrons. The van der Waals surface area contributed by atoms with Gasteiger partial charge in [-0.1, -0.05) is 40.9 Å². The number of nitrogens with zero attached hydrogens (tertiary/aromatic N) is 1. The summed E-state index contributed by atoms with van der Waals surface area (Å²) in [5, 5.41) is 4.21. The molecule has 0 saturated carbocycles. The maximum absolute atomic E-state index is 11.9. The molecule has 1 aliphatic heterocycles. The van der Waals surface area contributed by atoms with Crippen molar-refractivity contribution in [1.82, 2.24) is 5.43 Å². The Morgan fingerprint density at radius 2 is 1.67 bits per heavy atom. The Balaban J connectivity index is 1.64. The van der Waals surface area contributed by atoms with E-state index in [0.29, 0.717) is 17.1 Å². The highest BCUT2D eigenvalue weighted by Gasteiger charge is 2.17. The highest BCUT2D eigenvalue weighted by molar-refractivity contribution is 8.06. The van der Waals surface area contributed by atoms with Crippen molar-refractivity contribution in [3.8, 4) is 0 Å². The van der Waals surface area contributed by atoms with Gasteiger partial charge >= 0.3 is 0 Å². The van der Waals surface area contributed by atoms with Gasteiger partial charge in [0, 0.05) is 17.1 Å². The summed E-state index contributed by atoms with van der Waals surface area (Å²) >= 11 is 5.80. The van der Waals surface area contributed by atoms with Gasteiger partial charge in [-0.15, -0.1) is 23.5 Å². The molecule has 4 nitrogen and oxygen atoms in total. The van der Waals surface area contributed by atoms with Gasteiger partial charge in [-0.25, -0.2) is 5.43 Å². The SMILES string of the molecule is O=C(NN=C1CSc2sc(=O)sc2SC1)c1ccccc1. The van der Waals surface area contributed by atoms with Crippen LogP contribution in [0.4, 0.5) is 0 Å². The lowest BCUT2D eigenvalue weighted by atomic mass is 10.2. The molecule has 1 aromatic carbocycles. The van der Waals surface area contributed by atoms with Gasteiger partial charge in [0.15, 0.2) is 0 Å². The van der Waals surface area contributed by atoms with Crippen LogP contribution in [0.25, 0.3) is 0 Å². The molecule has 2 heterocycles. The van der Waals surface area contributed by atoms with Crippen LogP contribution in [-0.4, -0.2) is 23.1 Å².